The van der Waals surface area contributed by atoms with Crippen molar-refractivity contribution in [2.75, 3.05) is 11.4 Å². The van der Waals surface area contributed by atoms with Crippen LogP contribution in [0, 0.1) is 0 Å². The molecule has 0 saturated carbocycles. The molecule has 1 aliphatic rings. The summed E-state index contributed by atoms with van der Waals surface area (Å²) >= 11 is 0. The molecule has 1 fully saturated rings. The number of amides is 1. The van der Waals surface area contributed by atoms with Gasteiger partial charge in [0, 0.05) is 18.7 Å². The first-order chi connectivity index (χ1) is 20.2. The molecular formula is C41H49NO. The second kappa shape index (κ2) is 11.5. The molecule has 4 aromatic rings. The first-order valence-corrected chi connectivity index (χ1v) is 16.0. The third-order valence-corrected chi connectivity index (χ3v) is 8.85. The molecule has 0 aliphatic carbocycles. The summed E-state index contributed by atoms with van der Waals surface area (Å²) in [5.74, 6) is 0.230. The molecule has 1 saturated heterocycles. The molecule has 4 aromatic carbocycles. The summed E-state index contributed by atoms with van der Waals surface area (Å²) in [6.45, 7) is 21.6. The Morgan fingerprint density at radius 1 is 0.558 bits per heavy atom. The van der Waals surface area contributed by atoms with Gasteiger partial charge in [-0.25, -0.2) is 0 Å². The predicted octanol–water partition coefficient (Wildman–Crippen LogP) is 11.1. The van der Waals surface area contributed by atoms with Gasteiger partial charge in [0.15, 0.2) is 0 Å². The maximum absolute atomic E-state index is 12.7. The second-order valence-corrected chi connectivity index (χ2v) is 15.3. The SMILES string of the molecule is CC(C)(C)c1cc(-c2ccccc2C(C)(C)C)c(-c2ccc(N3CCCCC3=O)cc2)c(-c2ccccc2C(C)(C)C)c1. The van der Waals surface area contributed by atoms with Crippen LogP contribution in [-0.2, 0) is 21.0 Å². The minimum Gasteiger partial charge on any atom is -0.312 e. The molecule has 5 rings (SSSR count). The van der Waals surface area contributed by atoms with E-state index in [9.17, 15) is 4.79 Å². The average Bonchev–Trinajstić information content (AvgIpc) is 2.95. The van der Waals surface area contributed by atoms with Gasteiger partial charge in [-0.2, -0.15) is 0 Å². The van der Waals surface area contributed by atoms with E-state index in [0.29, 0.717) is 6.42 Å². The summed E-state index contributed by atoms with van der Waals surface area (Å²) in [5.41, 5.74) is 12.4. The molecule has 0 bridgehead atoms. The molecule has 2 nitrogen and oxygen atoms in total. The number of carbonyl (C=O) groups excluding carboxylic acids is 1. The Morgan fingerprint density at radius 3 is 1.49 bits per heavy atom. The summed E-state index contributed by atoms with van der Waals surface area (Å²) in [6, 6.07) is 31.5. The van der Waals surface area contributed by atoms with Crippen molar-refractivity contribution < 1.29 is 4.79 Å². The molecule has 1 heterocycles. The molecule has 0 aromatic heterocycles. The number of hydrogen-bond donors (Lipinski definition) is 0. The van der Waals surface area contributed by atoms with Crippen LogP contribution in [0.15, 0.2) is 84.9 Å². The van der Waals surface area contributed by atoms with Crippen LogP contribution in [0.2, 0.25) is 0 Å². The third kappa shape index (κ3) is 6.35. The Balaban J connectivity index is 1.87. The zero-order valence-corrected chi connectivity index (χ0v) is 27.8. The van der Waals surface area contributed by atoms with Crippen molar-refractivity contribution in [3.63, 3.8) is 0 Å². The van der Waals surface area contributed by atoms with Gasteiger partial charge < -0.3 is 4.90 Å². The van der Waals surface area contributed by atoms with E-state index in [2.05, 4.69) is 147 Å². The average molecular weight is 572 g/mol. The standard InChI is InChI=1S/C41H49NO/c1-39(2,3)29-26-33(31-16-10-12-18-35(31)40(4,5)6)38(34(27-29)32-17-11-13-19-36(32)41(7,8)9)28-21-23-30(24-22-28)42-25-15-14-20-37(42)43/h10-13,16-19,21-24,26-27H,14-15,20,25H2,1-9H3. The number of nitrogens with zero attached hydrogens (tertiary/aromatic N) is 1. The minimum atomic E-state index is -0.0339. The molecular weight excluding hydrogens is 522 g/mol. The van der Waals surface area contributed by atoms with Crippen LogP contribution in [0.5, 0.6) is 0 Å². The Morgan fingerprint density at radius 2 is 1.05 bits per heavy atom. The quantitative estimate of drug-likeness (QED) is 0.239. The fraction of sp³-hybridized carbons (Fsp3) is 0.390. The van der Waals surface area contributed by atoms with Gasteiger partial charge in [-0.15, -0.1) is 0 Å². The van der Waals surface area contributed by atoms with Gasteiger partial charge in [0.25, 0.3) is 0 Å². The molecule has 0 N–H and O–H groups in total. The highest BCUT2D eigenvalue weighted by molar-refractivity contribution is 5.98. The van der Waals surface area contributed by atoms with Crippen molar-refractivity contribution in [1.82, 2.24) is 0 Å². The number of anilines is 1. The highest BCUT2D eigenvalue weighted by Gasteiger charge is 2.28. The van der Waals surface area contributed by atoms with Crippen LogP contribution in [0.25, 0.3) is 33.4 Å². The Hall–Kier alpha value is -3.65. The van der Waals surface area contributed by atoms with Crippen LogP contribution in [0.1, 0.15) is 98.3 Å². The highest BCUT2D eigenvalue weighted by atomic mass is 16.2. The molecule has 0 spiro atoms. The van der Waals surface area contributed by atoms with E-state index in [-0.39, 0.29) is 22.2 Å². The van der Waals surface area contributed by atoms with E-state index in [4.69, 9.17) is 0 Å². The monoisotopic (exact) mass is 571 g/mol. The molecule has 0 unspecified atom stereocenters. The topological polar surface area (TPSA) is 20.3 Å². The van der Waals surface area contributed by atoms with Crippen LogP contribution in [0.3, 0.4) is 0 Å². The van der Waals surface area contributed by atoms with Gasteiger partial charge in [0.2, 0.25) is 5.91 Å². The Labute approximate surface area is 260 Å². The van der Waals surface area contributed by atoms with Crippen molar-refractivity contribution >= 4 is 11.6 Å². The van der Waals surface area contributed by atoms with Gasteiger partial charge in [-0.3, -0.25) is 4.79 Å². The second-order valence-electron chi connectivity index (χ2n) is 15.3. The lowest BCUT2D eigenvalue weighted by Crippen LogP contribution is -2.35. The van der Waals surface area contributed by atoms with Crippen molar-refractivity contribution in [1.29, 1.82) is 0 Å². The number of rotatable bonds is 4. The van der Waals surface area contributed by atoms with Gasteiger partial charge in [-0.05, 0) is 103 Å². The van der Waals surface area contributed by atoms with Crippen LogP contribution < -0.4 is 4.90 Å². The summed E-state index contributed by atoms with van der Waals surface area (Å²) in [4.78, 5) is 14.7. The molecule has 43 heavy (non-hydrogen) atoms. The predicted molar refractivity (Wildman–Crippen MR) is 185 cm³/mol. The fourth-order valence-corrected chi connectivity index (χ4v) is 6.44. The van der Waals surface area contributed by atoms with Crippen molar-refractivity contribution in [3.8, 4) is 33.4 Å². The van der Waals surface area contributed by atoms with E-state index >= 15 is 0 Å². The molecule has 2 heteroatoms. The maximum Gasteiger partial charge on any atom is 0.226 e. The lowest BCUT2D eigenvalue weighted by atomic mass is 9.74. The first-order valence-electron chi connectivity index (χ1n) is 16.0. The number of benzene rings is 4. The number of piperidine rings is 1. The molecule has 0 radical (unpaired) electrons. The molecule has 0 atom stereocenters. The molecule has 224 valence electrons. The van der Waals surface area contributed by atoms with Gasteiger partial charge in [0.1, 0.15) is 0 Å². The number of hydrogen-bond acceptors (Lipinski definition) is 1. The van der Waals surface area contributed by atoms with E-state index in [1.807, 2.05) is 4.90 Å². The first kappa shape index (κ1) is 30.8. The number of carbonyl (C=O) groups is 1. The van der Waals surface area contributed by atoms with Crippen molar-refractivity contribution in [2.24, 2.45) is 0 Å². The Bertz CT molecular complexity index is 1540. The van der Waals surface area contributed by atoms with Gasteiger partial charge in [-0.1, -0.05) is 123 Å². The zero-order chi connectivity index (χ0) is 31.2. The fourth-order valence-electron chi connectivity index (χ4n) is 6.44. The van der Waals surface area contributed by atoms with E-state index in [1.165, 1.54) is 50.1 Å². The van der Waals surface area contributed by atoms with E-state index in [0.717, 1.165) is 25.1 Å². The minimum absolute atomic E-state index is 0.0203. The normalized spacial score (nSPS) is 14.7. The van der Waals surface area contributed by atoms with Crippen LogP contribution >= 0.6 is 0 Å². The third-order valence-electron chi connectivity index (χ3n) is 8.85. The lowest BCUT2D eigenvalue weighted by Gasteiger charge is -2.30. The summed E-state index contributed by atoms with van der Waals surface area (Å²) in [7, 11) is 0. The smallest absolute Gasteiger partial charge is 0.226 e. The largest absolute Gasteiger partial charge is 0.312 e. The maximum atomic E-state index is 12.7. The van der Waals surface area contributed by atoms with Crippen molar-refractivity contribution in [2.45, 2.75) is 97.8 Å². The zero-order valence-electron chi connectivity index (χ0n) is 27.8. The molecule has 1 aliphatic heterocycles. The van der Waals surface area contributed by atoms with Gasteiger partial charge in [0.05, 0.1) is 0 Å². The van der Waals surface area contributed by atoms with Crippen LogP contribution in [-0.4, -0.2) is 12.5 Å². The van der Waals surface area contributed by atoms with E-state index < -0.39 is 0 Å². The van der Waals surface area contributed by atoms with Crippen molar-refractivity contribution in [3.05, 3.63) is 102 Å². The molecule has 1 amide bonds. The highest BCUT2D eigenvalue weighted by Crippen LogP contribution is 2.47. The van der Waals surface area contributed by atoms with Gasteiger partial charge >= 0.3 is 0 Å². The summed E-state index contributed by atoms with van der Waals surface area (Å²) in [5, 5.41) is 0. The lowest BCUT2D eigenvalue weighted by molar-refractivity contribution is -0.119. The summed E-state index contributed by atoms with van der Waals surface area (Å²) in [6.07, 6.45) is 2.68. The van der Waals surface area contributed by atoms with Crippen LogP contribution in [0.4, 0.5) is 5.69 Å². The summed E-state index contributed by atoms with van der Waals surface area (Å²) < 4.78 is 0. The van der Waals surface area contributed by atoms with E-state index in [1.54, 1.807) is 0 Å². The Kier molecular flexibility index (Phi) is 8.20.